The first kappa shape index (κ1) is 11.6. The molecular formula is C9H13F2N3O. The van der Waals surface area contributed by atoms with Crippen molar-refractivity contribution in [3.8, 4) is 0 Å². The van der Waals surface area contributed by atoms with Crippen LogP contribution in [-0.2, 0) is 0 Å². The number of halogens is 2. The molecule has 0 bridgehead atoms. The minimum atomic E-state index is -2.71. The molecule has 0 atom stereocenters. The van der Waals surface area contributed by atoms with Crippen LogP contribution in [0.15, 0.2) is 12.3 Å². The highest BCUT2D eigenvalue weighted by molar-refractivity contribution is 5.92. The lowest BCUT2D eigenvalue weighted by molar-refractivity contribution is 0.0560. The average molecular weight is 217 g/mol. The fraction of sp³-hybridized carbons (Fsp3) is 0.556. The van der Waals surface area contributed by atoms with Crippen LogP contribution < -0.4 is 5.32 Å². The molecule has 0 aromatic carbocycles. The van der Waals surface area contributed by atoms with Gasteiger partial charge in [0.05, 0.1) is 0 Å². The second-order valence-corrected chi connectivity index (χ2v) is 3.56. The third-order valence-corrected chi connectivity index (χ3v) is 1.71. The number of aromatic nitrogens is 2. The van der Waals surface area contributed by atoms with Crippen molar-refractivity contribution < 1.29 is 13.6 Å². The van der Waals surface area contributed by atoms with E-state index >= 15 is 0 Å². The minimum Gasteiger partial charge on any atom is -0.350 e. The van der Waals surface area contributed by atoms with Gasteiger partial charge in [-0.2, -0.15) is 13.9 Å². The lowest BCUT2D eigenvalue weighted by atomic mass is 10.2. The smallest absolute Gasteiger partial charge is 0.333 e. The molecule has 84 valence electrons. The molecule has 6 heteroatoms. The first-order valence-electron chi connectivity index (χ1n) is 4.62. The van der Waals surface area contributed by atoms with E-state index in [0.29, 0.717) is 17.1 Å². The van der Waals surface area contributed by atoms with Crippen LogP contribution in [0.25, 0.3) is 0 Å². The molecule has 0 unspecified atom stereocenters. The summed E-state index contributed by atoms with van der Waals surface area (Å²) in [4.78, 5) is 11.4. The molecule has 1 aromatic heterocycles. The number of carbonyl (C=O) groups excluding carboxylic acids is 1. The number of amides is 1. The standard InChI is InChI=1S/C9H13F2N3O/c1-6(2)5-12-8(15)7-3-4-14(13-7)9(10)11/h3-4,6,9H,5H2,1-2H3,(H,12,15). The number of hydrogen-bond acceptors (Lipinski definition) is 2. The van der Waals surface area contributed by atoms with Crippen LogP contribution in [0.3, 0.4) is 0 Å². The lowest BCUT2D eigenvalue weighted by Gasteiger charge is -2.05. The Bertz CT molecular complexity index is 336. The van der Waals surface area contributed by atoms with E-state index in [2.05, 4.69) is 10.4 Å². The average Bonchev–Trinajstić information content (AvgIpc) is 2.62. The van der Waals surface area contributed by atoms with Gasteiger partial charge in [0.25, 0.3) is 5.91 Å². The molecule has 1 N–H and O–H groups in total. The van der Waals surface area contributed by atoms with Crippen molar-refractivity contribution >= 4 is 5.91 Å². The molecule has 1 heterocycles. The van der Waals surface area contributed by atoms with Gasteiger partial charge in [-0.1, -0.05) is 13.8 Å². The largest absolute Gasteiger partial charge is 0.350 e. The van der Waals surface area contributed by atoms with Gasteiger partial charge in [0.1, 0.15) is 5.69 Å². The molecule has 0 saturated heterocycles. The fourth-order valence-electron chi connectivity index (χ4n) is 0.955. The van der Waals surface area contributed by atoms with Gasteiger partial charge in [-0.3, -0.25) is 4.79 Å². The second kappa shape index (κ2) is 4.86. The fourth-order valence-corrected chi connectivity index (χ4v) is 0.955. The van der Waals surface area contributed by atoms with Crippen LogP contribution in [0.1, 0.15) is 30.9 Å². The van der Waals surface area contributed by atoms with Crippen molar-refractivity contribution in [2.45, 2.75) is 20.4 Å². The number of hydrogen-bond donors (Lipinski definition) is 1. The molecule has 0 spiro atoms. The van der Waals surface area contributed by atoms with E-state index < -0.39 is 12.5 Å². The Hall–Kier alpha value is -1.46. The molecule has 1 aromatic rings. The normalized spacial score (nSPS) is 11.1. The number of alkyl halides is 2. The van der Waals surface area contributed by atoms with Crippen molar-refractivity contribution in [2.24, 2.45) is 5.92 Å². The van der Waals surface area contributed by atoms with Gasteiger partial charge < -0.3 is 5.32 Å². The third-order valence-electron chi connectivity index (χ3n) is 1.71. The van der Waals surface area contributed by atoms with E-state index in [1.54, 1.807) is 0 Å². The van der Waals surface area contributed by atoms with Gasteiger partial charge in [0.2, 0.25) is 0 Å². The summed E-state index contributed by atoms with van der Waals surface area (Å²) in [6, 6.07) is 1.27. The SMILES string of the molecule is CC(C)CNC(=O)c1ccn(C(F)F)n1. The van der Waals surface area contributed by atoms with Crippen molar-refractivity contribution in [2.75, 3.05) is 6.54 Å². The summed E-state index contributed by atoms with van der Waals surface area (Å²) in [6.45, 7) is 1.67. The Morgan fingerprint density at radius 1 is 1.60 bits per heavy atom. The van der Waals surface area contributed by atoms with E-state index in [1.807, 2.05) is 13.8 Å². The predicted molar refractivity (Wildman–Crippen MR) is 50.7 cm³/mol. The van der Waals surface area contributed by atoms with Crippen molar-refractivity contribution in [3.63, 3.8) is 0 Å². The van der Waals surface area contributed by atoms with Gasteiger partial charge in [0, 0.05) is 12.7 Å². The lowest BCUT2D eigenvalue weighted by Crippen LogP contribution is -2.27. The van der Waals surface area contributed by atoms with Crippen molar-refractivity contribution in [1.29, 1.82) is 0 Å². The Labute approximate surface area is 86.3 Å². The number of nitrogens with one attached hydrogen (secondary N) is 1. The summed E-state index contributed by atoms with van der Waals surface area (Å²) in [6.07, 6.45) is 1.08. The predicted octanol–water partition coefficient (Wildman–Crippen LogP) is 1.66. The molecule has 0 aliphatic heterocycles. The quantitative estimate of drug-likeness (QED) is 0.833. The van der Waals surface area contributed by atoms with Crippen LogP contribution in [0, 0.1) is 5.92 Å². The van der Waals surface area contributed by atoms with Crippen LogP contribution in [0.5, 0.6) is 0 Å². The molecule has 0 fully saturated rings. The molecule has 0 radical (unpaired) electrons. The van der Waals surface area contributed by atoms with E-state index in [4.69, 9.17) is 0 Å². The number of rotatable bonds is 4. The maximum absolute atomic E-state index is 12.1. The van der Waals surface area contributed by atoms with E-state index in [1.165, 1.54) is 6.07 Å². The Balaban J connectivity index is 2.58. The molecule has 0 aliphatic rings. The van der Waals surface area contributed by atoms with E-state index in [-0.39, 0.29) is 5.69 Å². The van der Waals surface area contributed by atoms with Crippen LogP contribution >= 0.6 is 0 Å². The topological polar surface area (TPSA) is 46.9 Å². The molecule has 0 saturated carbocycles. The van der Waals surface area contributed by atoms with Gasteiger partial charge in [-0.05, 0) is 12.0 Å². The Morgan fingerprint density at radius 2 is 2.27 bits per heavy atom. The molecule has 15 heavy (non-hydrogen) atoms. The Kier molecular flexibility index (Phi) is 3.76. The number of carbonyl (C=O) groups is 1. The molecule has 0 aliphatic carbocycles. The van der Waals surface area contributed by atoms with Gasteiger partial charge >= 0.3 is 6.55 Å². The molecule has 1 amide bonds. The van der Waals surface area contributed by atoms with Crippen LogP contribution in [0.4, 0.5) is 8.78 Å². The van der Waals surface area contributed by atoms with Crippen molar-refractivity contribution in [1.82, 2.24) is 15.1 Å². The maximum Gasteiger partial charge on any atom is 0.333 e. The molecule has 4 nitrogen and oxygen atoms in total. The van der Waals surface area contributed by atoms with Gasteiger partial charge in [0.15, 0.2) is 0 Å². The summed E-state index contributed by atoms with van der Waals surface area (Å²) in [5.41, 5.74) is 0.0101. The molecular weight excluding hydrogens is 204 g/mol. The van der Waals surface area contributed by atoms with Crippen LogP contribution in [0.2, 0.25) is 0 Å². The third kappa shape index (κ3) is 3.30. The summed E-state index contributed by atoms with van der Waals surface area (Å²) >= 11 is 0. The van der Waals surface area contributed by atoms with Crippen LogP contribution in [-0.4, -0.2) is 22.2 Å². The van der Waals surface area contributed by atoms with Gasteiger partial charge in [-0.15, -0.1) is 0 Å². The highest BCUT2D eigenvalue weighted by atomic mass is 19.3. The first-order chi connectivity index (χ1) is 7.00. The monoisotopic (exact) mass is 217 g/mol. The van der Waals surface area contributed by atoms with E-state index in [0.717, 1.165) is 6.20 Å². The van der Waals surface area contributed by atoms with Gasteiger partial charge in [-0.25, -0.2) is 4.68 Å². The van der Waals surface area contributed by atoms with Crippen molar-refractivity contribution in [3.05, 3.63) is 18.0 Å². The second-order valence-electron chi connectivity index (χ2n) is 3.56. The minimum absolute atomic E-state index is 0.0101. The highest BCUT2D eigenvalue weighted by Gasteiger charge is 2.12. The molecule has 1 rings (SSSR count). The maximum atomic E-state index is 12.1. The summed E-state index contributed by atoms with van der Waals surface area (Å²) < 4.78 is 24.7. The zero-order valence-electron chi connectivity index (χ0n) is 8.58. The summed E-state index contributed by atoms with van der Waals surface area (Å²) in [5.74, 6) is -0.116. The Morgan fingerprint density at radius 3 is 2.73 bits per heavy atom. The summed E-state index contributed by atoms with van der Waals surface area (Å²) in [5, 5.41) is 6.03. The van der Waals surface area contributed by atoms with E-state index in [9.17, 15) is 13.6 Å². The zero-order chi connectivity index (χ0) is 11.4. The summed E-state index contributed by atoms with van der Waals surface area (Å²) in [7, 11) is 0. The number of nitrogens with zero attached hydrogens (tertiary/aromatic N) is 2. The first-order valence-corrected chi connectivity index (χ1v) is 4.62. The zero-order valence-corrected chi connectivity index (χ0v) is 8.58. The highest BCUT2D eigenvalue weighted by Crippen LogP contribution is 2.08.